The third-order valence-corrected chi connectivity index (χ3v) is 2.60. The molecule has 2 N–H and O–H groups in total. The van der Waals surface area contributed by atoms with Crippen LogP contribution in [-0.4, -0.2) is 63.1 Å². The first kappa shape index (κ1) is 15.8. The fraction of sp³-hybridized carbons (Fsp3) is 1.00. The molecular weight excluding hydrogens is 204 g/mol. The molecule has 0 bridgehead atoms. The highest BCUT2D eigenvalue weighted by Crippen LogP contribution is 2.02. The van der Waals surface area contributed by atoms with Gasteiger partial charge in [0.15, 0.2) is 0 Å². The molecule has 0 aliphatic carbocycles. The monoisotopic (exact) mass is 232 g/mol. The second kappa shape index (κ2) is 10.0. The lowest BCUT2D eigenvalue weighted by Crippen LogP contribution is -2.42. The Morgan fingerprint density at radius 1 is 1.31 bits per heavy atom. The van der Waals surface area contributed by atoms with Gasteiger partial charge in [0.2, 0.25) is 0 Å². The van der Waals surface area contributed by atoms with Crippen molar-refractivity contribution in [3.63, 3.8) is 0 Å². The number of aliphatic hydroxyl groups excluding tert-OH is 1. The summed E-state index contributed by atoms with van der Waals surface area (Å²) in [5.41, 5.74) is 0. The first-order valence-corrected chi connectivity index (χ1v) is 6.13. The van der Waals surface area contributed by atoms with E-state index in [9.17, 15) is 0 Å². The van der Waals surface area contributed by atoms with Gasteiger partial charge in [-0.1, -0.05) is 13.8 Å². The molecule has 98 valence electrons. The number of nitrogens with zero attached hydrogens (tertiary/aromatic N) is 1. The molecule has 0 aliphatic heterocycles. The van der Waals surface area contributed by atoms with E-state index < -0.39 is 0 Å². The molecule has 0 saturated carbocycles. The molecule has 0 aromatic carbocycles. The summed E-state index contributed by atoms with van der Waals surface area (Å²) < 4.78 is 5.12. The van der Waals surface area contributed by atoms with Crippen molar-refractivity contribution in [2.75, 3.05) is 47.0 Å². The van der Waals surface area contributed by atoms with Gasteiger partial charge in [0.25, 0.3) is 0 Å². The summed E-state index contributed by atoms with van der Waals surface area (Å²) in [4.78, 5) is 2.39. The highest BCUT2D eigenvalue weighted by atomic mass is 16.5. The molecule has 0 amide bonds. The Labute approximate surface area is 100.0 Å². The minimum Gasteiger partial charge on any atom is -0.396 e. The molecule has 0 aliphatic rings. The van der Waals surface area contributed by atoms with Crippen molar-refractivity contribution in [3.8, 4) is 0 Å². The standard InChI is InChI=1S/C12H28N2O2/c1-11(2)9-14(6-8-16-4)10-12(13-3)5-7-15/h11-13,15H,5-10H2,1-4H3. The Bertz CT molecular complexity index is 154. The summed E-state index contributed by atoms with van der Waals surface area (Å²) in [5, 5.41) is 12.2. The van der Waals surface area contributed by atoms with E-state index in [-0.39, 0.29) is 6.61 Å². The molecule has 4 nitrogen and oxygen atoms in total. The van der Waals surface area contributed by atoms with Crippen LogP contribution < -0.4 is 5.32 Å². The summed E-state index contributed by atoms with van der Waals surface area (Å²) in [6, 6.07) is 0.362. The van der Waals surface area contributed by atoms with Crippen molar-refractivity contribution >= 4 is 0 Å². The quantitative estimate of drug-likeness (QED) is 0.578. The van der Waals surface area contributed by atoms with Crippen molar-refractivity contribution in [2.45, 2.75) is 26.3 Å². The molecule has 0 spiro atoms. The lowest BCUT2D eigenvalue weighted by molar-refractivity contribution is 0.129. The van der Waals surface area contributed by atoms with E-state index in [1.807, 2.05) is 7.05 Å². The van der Waals surface area contributed by atoms with E-state index in [4.69, 9.17) is 9.84 Å². The summed E-state index contributed by atoms with van der Waals surface area (Å²) in [6.07, 6.45) is 0.804. The molecule has 1 atom stereocenters. The van der Waals surface area contributed by atoms with Crippen LogP contribution in [0.15, 0.2) is 0 Å². The fourth-order valence-electron chi connectivity index (χ4n) is 1.79. The average Bonchev–Trinajstić information content (AvgIpc) is 2.24. The molecule has 0 heterocycles. The van der Waals surface area contributed by atoms with Crippen LogP contribution in [0.4, 0.5) is 0 Å². The largest absolute Gasteiger partial charge is 0.396 e. The lowest BCUT2D eigenvalue weighted by Gasteiger charge is -2.28. The van der Waals surface area contributed by atoms with Crippen LogP contribution in [0.3, 0.4) is 0 Å². The zero-order valence-electron chi connectivity index (χ0n) is 11.2. The van der Waals surface area contributed by atoms with Crippen molar-refractivity contribution in [1.29, 1.82) is 0 Å². The molecule has 4 heteroatoms. The predicted octanol–water partition coefficient (Wildman–Crippen LogP) is 0.561. The number of nitrogens with one attached hydrogen (secondary N) is 1. The SMILES string of the molecule is CNC(CCO)CN(CCOC)CC(C)C. The minimum atomic E-state index is 0.241. The van der Waals surface area contributed by atoms with E-state index in [2.05, 4.69) is 24.1 Å². The second-order valence-electron chi connectivity index (χ2n) is 4.64. The van der Waals surface area contributed by atoms with Crippen molar-refractivity contribution in [3.05, 3.63) is 0 Å². The van der Waals surface area contributed by atoms with Crippen molar-refractivity contribution in [2.24, 2.45) is 5.92 Å². The third kappa shape index (κ3) is 8.05. The van der Waals surface area contributed by atoms with E-state index in [1.54, 1.807) is 7.11 Å². The Kier molecular flexibility index (Phi) is 9.92. The number of hydrogen-bond donors (Lipinski definition) is 2. The van der Waals surface area contributed by atoms with Crippen LogP contribution in [0.1, 0.15) is 20.3 Å². The van der Waals surface area contributed by atoms with Crippen LogP contribution >= 0.6 is 0 Å². The summed E-state index contributed by atoms with van der Waals surface area (Å²) in [7, 11) is 3.68. The number of aliphatic hydroxyl groups is 1. The lowest BCUT2D eigenvalue weighted by atomic mass is 10.1. The molecule has 1 unspecified atom stereocenters. The highest BCUT2D eigenvalue weighted by Gasteiger charge is 2.13. The third-order valence-electron chi connectivity index (χ3n) is 2.60. The van der Waals surface area contributed by atoms with E-state index in [1.165, 1.54) is 0 Å². The van der Waals surface area contributed by atoms with Gasteiger partial charge in [0.05, 0.1) is 6.61 Å². The average molecular weight is 232 g/mol. The molecule has 0 fully saturated rings. The maximum atomic E-state index is 8.96. The number of ether oxygens (including phenoxy) is 1. The molecule has 0 aromatic rings. The summed E-state index contributed by atoms with van der Waals surface area (Å²) in [5.74, 6) is 0.656. The van der Waals surface area contributed by atoms with Crippen LogP contribution in [0.2, 0.25) is 0 Å². The van der Waals surface area contributed by atoms with Crippen molar-refractivity contribution in [1.82, 2.24) is 10.2 Å². The zero-order valence-corrected chi connectivity index (χ0v) is 11.2. The van der Waals surface area contributed by atoms with Gasteiger partial charge in [-0.25, -0.2) is 0 Å². The zero-order chi connectivity index (χ0) is 12.4. The summed E-state index contributed by atoms with van der Waals surface area (Å²) >= 11 is 0. The number of hydrogen-bond acceptors (Lipinski definition) is 4. The van der Waals surface area contributed by atoms with Gasteiger partial charge >= 0.3 is 0 Å². The summed E-state index contributed by atoms with van der Waals surface area (Å²) in [6.45, 7) is 8.46. The smallest absolute Gasteiger partial charge is 0.0589 e. The van der Waals surface area contributed by atoms with Gasteiger partial charge in [-0.05, 0) is 19.4 Å². The maximum Gasteiger partial charge on any atom is 0.0589 e. The number of likely N-dealkylation sites (N-methyl/N-ethyl adjacent to an activating group) is 1. The number of rotatable bonds is 10. The topological polar surface area (TPSA) is 44.7 Å². The Morgan fingerprint density at radius 3 is 2.44 bits per heavy atom. The molecule has 0 saturated heterocycles. The Morgan fingerprint density at radius 2 is 2.00 bits per heavy atom. The van der Waals surface area contributed by atoms with Gasteiger partial charge in [-0.15, -0.1) is 0 Å². The predicted molar refractivity (Wildman–Crippen MR) is 67.7 cm³/mol. The first-order chi connectivity index (χ1) is 7.63. The molecule has 0 radical (unpaired) electrons. The highest BCUT2D eigenvalue weighted by molar-refractivity contribution is 4.71. The maximum absolute atomic E-state index is 8.96. The van der Waals surface area contributed by atoms with Crippen molar-refractivity contribution < 1.29 is 9.84 Å². The normalized spacial score (nSPS) is 13.7. The molecular formula is C12H28N2O2. The van der Waals surface area contributed by atoms with Crippen LogP contribution in [0.25, 0.3) is 0 Å². The van der Waals surface area contributed by atoms with E-state index in [0.29, 0.717) is 12.0 Å². The van der Waals surface area contributed by atoms with E-state index in [0.717, 1.165) is 32.7 Å². The van der Waals surface area contributed by atoms with Gasteiger partial charge in [-0.2, -0.15) is 0 Å². The van der Waals surface area contributed by atoms with Gasteiger partial charge in [0.1, 0.15) is 0 Å². The second-order valence-corrected chi connectivity index (χ2v) is 4.64. The molecule has 0 rings (SSSR count). The van der Waals surface area contributed by atoms with Crippen LogP contribution in [0, 0.1) is 5.92 Å². The van der Waals surface area contributed by atoms with Gasteiger partial charge in [0, 0.05) is 39.4 Å². The Balaban J connectivity index is 4.04. The molecule has 16 heavy (non-hydrogen) atoms. The Hall–Kier alpha value is -0.160. The first-order valence-electron chi connectivity index (χ1n) is 6.13. The van der Waals surface area contributed by atoms with Crippen LogP contribution in [-0.2, 0) is 4.74 Å². The fourth-order valence-corrected chi connectivity index (χ4v) is 1.79. The van der Waals surface area contributed by atoms with Gasteiger partial charge in [-0.3, -0.25) is 4.90 Å². The van der Waals surface area contributed by atoms with E-state index >= 15 is 0 Å². The minimum absolute atomic E-state index is 0.241. The van der Waals surface area contributed by atoms with Crippen LogP contribution in [0.5, 0.6) is 0 Å². The number of methoxy groups -OCH3 is 1. The van der Waals surface area contributed by atoms with Gasteiger partial charge < -0.3 is 15.2 Å². The molecule has 0 aromatic heterocycles.